The van der Waals surface area contributed by atoms with Gasteiger partial charge in [0.25, 0.3) is 0 Å². The number of fused-ring (bicyclic) bond motifs is 1. The standard InChI is InChI=1S/C18H17F2NO3S/c1-11(18(22)21-15-5-3-12(19)9-14(15)20)25-13-4-6-16-17(10-13)24-8-2-7-23-16/h3-6,9-11H,2,7-8H2,1H3,(H,21,22)/t11-/m0/s1. The summed E-state index contributed by atoms with van der Waals surface area (Å²) in [6.45, 7) is 2.91. The van der Waals surface area contributed by atoms with Gasteiger partial charge in [-0.05, 0) is 37.3 Å². The molecule has 0 spiro atoms. The van der Waals surface area contributed by atoms with Gasteiger partial charge in [-0.25, -0.2) is 8.78 Å². The number of hydrogen-bond donors (Lipinski definition) is 1. The summed E-state index contributed by atoms with van der Waals surface area (Å²) in [5, 5.41) is 1.99. The van der Waals surface area contributed by atoms with Crippen LogP contribution in [0, 0.1) is 11.6 Å². The van der Waals surface area contributed by atoms with Crippen molar-refractivity contribution in [2.45, 2.75) is 23.5 Å². The average molecular weight is 365 g/mol. The van der Waals surface area contributed by atoms with Gasteiger partial charge in [0.1, 0.15) is 11.6 Å². The van der Waals surface area contributed by atoms with Gasteiger partial charge in [0.05, 0.1) is 24.2 Å². The number of amides is 1. The van der Waals surface area contributed by atoms with Gasteiger partial charge in [0.15, 0.2) is 11.5 Å². The first-order valence-corrected chi connectivity index (χ1v) is 8.73. The summed E-state index contributed by atoms with van der Waals surface area (Å²) in [7, 11) is 0. The number of rotatable bonds is 4. The number of hydrogen-bond acceptors (Lipinski definition) is 4. The predicted octanol–water partition coefficient (Wildman–Crippen LogP) is 4.25. The molecule has 1 N–H and O–H groups in total. The van der Waals surface area contributed by atoms with Crippen LogP contribution in [0.5, 0.6) is 11.5 Å². The molecule has 0 aromatic heterocycles. The Morgan fingerprint density at radius 3 is 2.64 bits per heavy atom. The van der Waals surface area contributed by atoms with Crippen molar-refractivity contribution in [3.63, 3.8) is 0 Å². The quantitative estimate of drug-likeness (QED) is 0.823. The van der Waals surface area contributed by atoms with E-state index in [1.165, 1.54) is 17.8 Å². The van der Waals surface area contributed by atoms with Gasteiger partial charge in [-0.2, -0.15) is 0 Å². The maximum atomic E-state index is 13.6. The van der Waals surface area contributed by atoms with Crippen molar-refractivity contribution in [2.24, 2.45) is 0 Å². The van der Waals surface area contributed by atoms with Crippen LogP contribution in [0.4, 0.5) is 14.5 Å². The van der Waals surface area contributed by atoms with Crippen molar-refractivity contribution in [3.8, 4) is 11.5 Å². The molecule has 7 heteroatoms. The maximum absolute atomic E-state index is 13.6. The highest BCUT2D eigenvalue weighted by Gasteiger charge is 2.18. The van der Waals surface area contributed by atoms with Crippen LogP contribution in [0.25, 0.3) is 0 Å². The van der Waals surface area contributed by atoms with Gasteiger partial charge < -0.3 is 14.8 Å². The highest BCUT2D eigenvalue weighted by Crippen LogP contribution is 2.35. The number of nitrogens with one attached hydrogen (secondary N) is 1. The van der Waals surface area contributed by atoms with E-state index in [2.05, 4.69) is 5.32 Å². The Balaban J connectivity index is 1.66. The summed E-state index contributed by atoms with van der Waals surface area (Å²) in [6, 6.07) is 8.52. The summed E-state index contributed by atoms with van der Waals surface area (Å²) in [5.74, 6) is -0.527. The van der Waals surface area contributed by atoms with Crippen LogP contribution >= 0.6 is 11.8 Å². The second-order valence-electron chi connectivity index (χ2n) is 5.53. The fourth-order valence-electron chi connectivity index (χ4n) is 2.30. The molecule has 4 nitrogen and oxygen atoms in total. The van der Waals surface area contributed by atoms with Gasteiger partial charge >= 0.3 is 0 Å². The van der Waals surface area contributed by atoms with Crippen LogP contribution in [0.15, 0.2) is 41.3 Å². The summed E-state index contributed by atoms with van der Waals surface area (Å²) in [5.41, 5.74) is -0.0440. The minimum Gasteiger partial charge on any atom is -0.490 e. The van der Waals surface area contributed by atoms with Crippen molar-refractivity contribution >= 4 is 23.4 Å². The zero-order valence-corrected chi connectivity index (χ0v) is 14.4. The molecule has 3 rings (SSSR count). The van der Waals surface area contributed by atoms with E-state index in [9.17, 15) is 13.6 Å². The number of benzene rings is 2. The van der Waals surface area contributed by atoms with Crippen molar-refractivity contribution < 1.29 is 23.0 Å². The Labute approximate surface area is 148 Å². The predicted molar refractivity (Wildman–Crippen MR) is 92.4 cm³/mol. The number of halogens is 2. The second-order valence-corrected chi connectivity index (χ2v) is 6.95. The maximum Gasteiger partial charge on any atom is 0.237 e. The third-order valence-corrected chi connectivity index (χ3v) is 4.68. The van der Waals surface area contributed by atoms with Crippen LogP contribution in [0.1, 0.15) is 13.3 Å². The molecule has 0 saturated carbocycles. The molecule has 25 heavy (non-hydrogen) atoms. The van der Waals surface area contributed by atoms with Crippen LogP contribution < -0.4 is 14.8 Å². The van der Waals surface area contributed by atoms with Crippen LogP contribution in [0.3, 0.4) is 0 Å². The lowest BCUT2D eigenvalue weighted by molar-refractivity contribution is -0.115. The number of anilines is 1. The van der Waals surface area contributed by atoms with Crippen LogP contribution in [0.2, 0.25) is 0 Å². The topological polar surface area (TPSA) is 47.6 Å². The summed E-state index contributed by atoms with van der Waals surface area (Å²) in [4.78, 5) is 13.1. The summed E-state index contributed by atoms with van der Waals surface area (Å²) in [6.07, 6.45) is 0.819. The molecular weight excluding hydrogens is 348 g/mol. The molecule has 0 unspecified atom stereocenters. The molecule has 2 aromatic carbocycles. The van der Waals surface area contributed by atoms with Gasteiger partial charge in [0, 0.05) is 17.4 Å². The van der Waals surface area contributed by atoms with Gasteiger partial charge in [-0.1, -0.05) is 0 Å². The minimum absolute atomic E-state index is 0.0440. The monoisotopic (exact) mass is 365 g/mol. The van der Waals surface area contributed by atoms with E-state index >= 15 is 0 Å². The molecule has 0 bridgehead atoms. The Morgan fingerprint density at radius 2 is 1.88 bits per heavy atom. The number of thioether (sulfide) groups is 1. The third-order valence-electron chi connectivity index (χ3n) is 3.59. The largest absolute Gasteiger partial charge is 0.490 e. The SMILES string of the molecule is C[C@H](Sc1ccc2c(c1)OCCCO2)C(=O)Nc1ccc(F)cc1F. The molecule has 132 valence electrons. The van der Waals surface area contributed by atoms with Gasteiger partial charge in [0.2, 0.25) is 5.91 Å². The van der Waals surface area contributed by atoms with E-state index < -0.39 is 16.9 Å². The average Bonchev–Trinajstić information content (AvgIpc) is 2.82. The van der Waals surface area contributed by atoms with Crippen molar-refractivity contribution in [3.05, 3.63) is 48.0 Å². The van der Waals surface area contributed by atoms with E-state index in [-0.39, 0.29) is 11.6 Å². The molecule has 0 aliphatic carbocycles. The first-order chi connectivity index (χ1) is 12.0. The molecule has 1 aliphatic heterocycles. The zero-order valence-electron chi connectivity index (χ0n) is 13.6. The fraction of sp³-hybridized carbons (Fsp3) is 0.278. The van der Waals surface area contributed by atoms with Gasteiger partial charge in [-0.3, -0.25) is 4.79 Å². The highest BCUT2D eigenvalue weighted by atomic mass is 32.2. The number of carbonyl (C=O) groups is 1. The minimum atomic E-state index is -0.805. The summed E-state index contributed by atoms with van der Waals surface area (Å²) < 4.78 is 37.8. The Morgan fingerprint density at radius 1 is 1.12 bits per heavy atom. The van der Waals surface area contributed by atoms with Crippen LogP contribution in [-0.2, 0) is 4.79 Å². The van der Waals surface area contributed by atoms with Gasteiger partial charge in [-0.15, -0.1) is 11.8 Å². The summed E-state index contributed by atoms with van der Waals surface area (Å²) >= 11 is 1.32. The van der Waals surface area contributed by atoms with E-state index in [1.54, 1.807) is 6.92 Å². The Hall–Kier alpha value is -2.28. The molecule has 1 amide bonds. The smallest absolute Gasteiger partial charge is 0.237 e. The fourth-order valence-corrected chi connectivity index (χ4v) is 3.20. The van der Waals surface area contributed by atoms with Crippen molar-refractivity contribution in [1.29, 1.82) is 0 Å². The molecule has 0 saturated heterocycles. The van der Waals surface area contributed by atoms with Crippen LogP contribution in [-0.4, -0.2) is 24.4 Å². The molecule has 1 heterocycles. The lowest BCUT2D eigenvalue weighted by atomic mass is 10.3. The van der Waals surface area contributed by atoms with Crippen molar-refractivity contribution in [1.82, 2.24) is 0 Å². The third kappa shape index (κ3) is 4.42. The molecule has 0 radical (unpaired) electrons. The molecule has 2 aromatic rings. The highest BCUT2D eigenvalue weighted by molar-refractivity contribution is 8.00. The first kappa shape index (κ1) is 17.5. The second kappa shape index (κ2) is 7.74. The molecule has 1 atom stereocenters. The molecule has 1 aliphatic rings. The van der Waals surface area contributed by atoms with E-state index in [4.69, 9.17) is 9.47 Å². The first-order valence-electron chi connectivity index (χ1n) is 7.85. The number of ether oxygens (including phenoxy) is 2. The normalized spacial score (nSPS) is 14.5. The Kier molecular flexibility index (Phi) is 5.43. The van der Waals surface area contributed by atoms with E-state index in [0.717, 1.165) is 23.4 Å². The molecular formula is C18H17F2NO3S. The molecule has 0 fully saturated rings. The van der Waals surface area contributed by atoms with Crippen molar-refractivity contribution in [2.75, 3.05) is 18.5 Å². The zero-order chi connectivity index (χ0) is 17.8. The van der Waals surface area contributed by atoms with E-state index in [1.807, 2.05) is 18.2 Å². The van der Waals surface area contributed by atoms with E-state index in [0.29, 0.717) is 24.7 Å². The lowest BCUT2D eigenvalue weighted by Crippen LogP contribution is -2.23. The number of carbonyl (C=O) groups excluding carboxylic acids is 1. The Bertz CT molecular complexity index is 785. The lowest BCUT2D eigenvalue weighted by Gasteiger charge is -2.14.